The van der Waals surface area contributed by atoms with Gasteiger partial charge in [-0.05, 0) is 57.5 Å². The second-order valence-electron chi connectivity index (χ2n) is 9.34. The molecule has 208 valence electrons. The Hall–Kier alpha value is -4.15. The van der Waals surface area contributed by atoms with Gasteiger partial charge in [-0.15, -0.1) is 0 Å². The first-order valence-corrected chi connectivity index (χ1v) is 15.0. The molecule has 0 saturated carbocycles. The van der Waals surface area contributed by atoms with E-state index in [4.69, 9.17) is 13.1 Å². The maximum Gasteiger partial charge on any atom is 0.339 e. The van der Waals surface area contributed by atoms with Crippen LogP contribution in [0.5, 0.6) is 17.2 Å². The molecule has 0 unspecified atom stereocenters. The summed E-state index contributed by atoms with van der Waals surface area (Å²) in [6.45, 7) is 7.06. The van der Waals surface area contributed by atoms with Crippen molar-refractivity contribution in [2.24, 2.45) is 0 Å². The lowest BCUT2D eigenvalue weighted by Crippen LogP contribution is -2.14. The molecule has 40 heavy (non-hydrogen) atoms. The van der Waals surface area contributed by atoms with Crippen LogP contribution in [-0.2, 0) is 26.8 Å². The molecule has 0 aromatic heterocycles. The molecule has 4 aromatic rings. The van der Waals surface area contributed by atoms with Gasteiger partial charge in [-0.1, -0.05) is 65.2 Å². The molecular formula is C30H28O8S2. The van der Waals surface area contributed by atoms with Crippen molar-refractivity contribution in [3.8, 4) is 17.2 Å². The number of carbonyl (C=O) groups is 1. The average Bonchev–Trinajstić information content (AvgIpc) is 2.90. The highest BCUT2D eigenvalue weighted by Gasteiger charge is 2.27. The zero-order valence-electron chi connectivity index (χ0n) is 22.4. The quantitative estimate of drug-likeness (QED) is 0.170. The van der Waals surface area contributed by atoms with Crippen LogP contribution in [0.3, 0.4) is 0 Å². The molecule has 0 spiro atoms. The minimum absolute atomic E-state index is 0.0156. The molecule has 0 aliphatic heterocycles. The molecule has 0 N–H and O–H groups in total. The first-order valence-electron chi connectivity index (χ1n) is 12.2. The van der Waals surface area contributed by atoms with Crippen LogP contribution in [-0.4, -0.2) is 23.1 Å². The smallest absolute Gasteiger partial charge is 0.339 e. The lowest BCUT2D eigenvalue weighted by Gasteiger charge is -2.19. The molecule has 0 bridgehead atoms. The third kappa shape index (κ3) is 6.52. The third-order valence-electron chi connectivity index (χ3n) is 6.08. The van der Waals surface area contributed by atoms with Crippen molar-refractivity contribution in [3.05, 3.63) is 112 Å². The molecule has 0 saturated heterocycles. The van der Waals surface area contributed by atoms with E-state index in [0.29, 0.717) is 6.29 Å². The van der Waals surface area contributed by atoms with E-state index in [1.54, 1.807) is 31.2 Å². The molecule has 10 heteroatoms. The Morgan fingerprint density at radius 2 is 1.18 bits per heavy atom. The molecule has 0 atom stereocenters. The van der Waals surface area contributed by atoms with Gasteiger partial charge in [0, 0.05) is 11.6 Å². The highest BCUT2D eigenvalue weighted by molar-refractivity contribution is 7.87. The van der Waals surface area contributed by atoms with Crippen LogP contribution in [0.2, 0.25) is 0 Å². The Labute approximate surface area is 234 Å². The maximum absolute atomic E-state index is 13.1. The predicted octanol–water partition coefficient (Wildman–Crippen LogP) is 5.85. The summed E-state index contributed by atoms with van der Waals surface area (Å²) in [5.41, 5.74) is 3.43. The standard InChI is InChI=1S/C30H28O8S2/c1-20-8-12-25(13-9-20)39(32,33)37-28-17-29(38-40(34,35)26-14-10-21(2)11-15-26)27(18-31)30(23(28)4)36-19-24-7-5-6-22(3)16-24/h5-18H,19H2,1-4H3. The summed E-state index contributed by atoms with van der Waals surface area (Å²) in [5, 5.41) is 0. The van der Waals surface area contributed by atoms with Crippen molar-refractivity contribution in [1.82, 2.24) is 0 Å². The van der Waals surface area contributed by atoms with Gasteiger partial charge < -0.3 is 13.1 Å². The molecular weight excluding hydrogens is 552 g/mol. The highest BCUT2D eigenvalue weighted by atomic mass is 32.2. The van der Waals surface area contributed by atoms with Gasteiger partial charge in [-0.25, -0.2) is 0 Å². The van der Waals surface area contributed by atoms with Gasteiger partial charge in [-0.3, -0.25) is 4.79 Å². The number of aldehydes is 1. The van der Waals surface area contributed by atoms with Crippen molar-refractivity contribution < 1.29 is 34.7 Å². The molecule has 4 aromatic carbocycles. The lowest BCUT2D eigenvalue weighted by molar-refractivity contribution is 0.111. The van der Waals surface area contributed by atoms with Crippen LogP contribution in [0.1, 0.15) is 38.2 Å². The van der Waals surface area contributed by atoms with Crippen LogP contribution in [0, 0.1) is 27.7 Å². The topological polar surface area (TPSA) is 113 Å². The molecule has 0 aliphatic carbocycles. The molecule has 0 amide bonds. The zero-order chi connectivity index (χ0) is 29.1. The zero-order valence-corrected chi connectivity index (χ0v) is 24.0. The van der Waals surface area contributed by atoms with Crippen molar-refractivity contribution in [2.45, 2.75) is 44.1 Å². The van der Waals surface area contributed by atoms with E-state index >= 15 is 0 Å². The van der Waals surface area contributed by atoms with Gasteiger partial charge >= 0.3 is 20.2 Å². The monoisotopic (exact) mass is 580 g/mol. The highest BCUT2D eigenvalue weighted by Crippen LogP contribution is 2.40. The number of hydrogen-bond donors (Lipinski definition) is 0. The first kappa shape index (κ1) is 28.8. The summed E-state index contributed by atoms with van der Waals surface area (Å²) in [7, 11) is -8.73. The van der Waals surface area contributed by atoms with Gasteiger partial charge in [0.15, 0.2) is 17.8 Å². The molecule has 0 radical (unpaired) electrons. The first-order chi connectivity index (χ1) is 18.9. The summed E-state index contributed by atoms with van der Waals surface area (Å²) in [4.78, 5) is 12.0. The van der Waals surface area contributed by atoms with E-state index in [0.717, 1.165) is 28.3 Å². The number of benzene rings is 4. The molecule has 4 rings (SSSR count). The van der Waals surface area contributed by atoms with E-state index in [-0.39, 0.29) is 39.0 Å². The fourth-order valence-corrected chi connectivity index (χ4v) is 5.80. The van der Waals surface area contributed by atoms with Gasteiger partial charge in [0.05, 0.1) is 0 Å². The SMILES string of the molecule is Cc1ccc(S(=O)(=O)Oc2cc(OS(=O)(=O)c3ccc(C)cc3)c(C=O)c(OCc3cccc(C)c3)c2C)cc1. The lowest BCUT2D eigenvalue weighted by atomic mass is 10.1. The Morgan fingerprint density at radius 1 is 0.650 bits per heavy atom. The molecule has 0 heterocycles. The minimum Gasteiger partial charge on any atom is -0.488 e. The number of carbonyl (C=O) groups excluding carboxylic acids is 1. The van der Waals surface area contributed by atoms with Crippen molar-refractivity contribution in [3.63, 3.8) is 0 Å². The largest absolute Gasteiger partial charge is 0.488 e. The summed E-state index contributed by atoms with van der Waals surface area (Å²) >= 11 is 0. The van der Waals surface area contributed by atoms with Gasteiger partial charge in [0.25, 0.3) is 0 Å². The summed E-state index contributed by atoms with van der Waals surface area (Å²) in [6, 6.07) is 20.5. The fourth-order valence-electron chi connectivity index (χ4n) is 3.88. The van der Waals surface area contributed by atoms with Gasteiger partial charge in [-0.2, -0.15) is 16.8 Å². The van der Waals surface area contributed by atoms with Crippen LogP contribution >= 0.6 is 0 Å². The molecule has 8 nitrogen and oxygen atoms in total. The number of hydrogen-bond acceptors (Lipinski definition) is 8. The Morgan fingerprint density at radius 3 is 1.68 bits per heavy atom. The van der Waals surface area contributed by atoms with Gasteiger partial charge in [0.1, 0.15) is 27.7 Å². The third-order valence-corrected chi connectivity index (χ3v) is 8.58. The van der Waals surface area contributed by atoms with Crippen molar-refractivity contribution >= 4 is 26.5 Å². The van der Waals surface area contributed by atoms with Crippen LogP contribution in [0.25, 0.3) is 0 Å². The molecule has 0 aliphatic rings. The fraction of sp³-hybridized carbons (Fsp3) is 0.167. The van der Waals surface area contributed by atoms with Crippen molar-refractivity contribution in [1.29, 1.82) is 0 Å². The number of rotatable bonds is 10. The van der Waals surface area contributed by atoms with Crippen molar-refractivity contribution in [2.75, 3.05) is 0 Å². The minimum atomic E-state index is -4.40. The molecule has 0 fully saturated rings. The summed E-state index contributed by atoms with van der Waals surface area (Å²) < 4.78 is 69.2. The van der Waals surface area contributed by atoms with E-state index in [1.807, 2.05) is 38.1 Å². The number of ether oxygens (including phenoxy) is 1. The van der Waals surface area contributed by atoms with E-state index < -0.39 is 26.0 Å². The maximum atomic E-state index is 13.1. The van der Waals surface area contributed by atoms with E-state index in [9.17, 15) is 21.6 Å². The van der Waals surface area contributed by atoms with Gasteiger partial charge in [0.2, 0.25) is 0 Å². The summed E-state index contributed by atoms with van der Waals surface area (Å²) in [5.74, 6) is -0.753. The predicted molar refractivity (Wildman–Crippen MR) is 150 cm³/mol. The van der Waals surface area contributed by atoms with Crippen LogP contribution in [0.15, 0.2) is 88.7 Å². The number of aryl methyl sites for hydroxylation is 3. The van der Waals surface area contributed by atoms with E-state index in [1.165, 1.54) is 31.2 Å². The Balaban J connectivity index is 1.81. The normalized spacial score (nSPS) is 11.6. The second-order valence-corrected chi connectivity index (χ2v) is 12.4. The van der Waals surface area contributed by atoms with E-state index in [2.05, 4.69) is 0 Å². The Bertz CT molecular complexity index is 1760. The summed E-state index contributed by atoms with van der Waals surface area (Å²) in [6.07, 6.45) is 0.400. The van der Waals surface area contributed by atoms with Crippen LogP contribution in [0.4, 0.5) is 0 Å². The second kappa shape index (κ2) is 11.5. The average molecular weight is 581 g/mol. The van der Waals surface area contributed by atoms with Crippen LogP contribution < -0.4 is 13.1 Å². The Kier molecular flexibility index (Phi) is 8.32.